The molecule has 1 saturated carbocycles. The van der Waals surface area contributed by atoms with Crippen molar-refractivity contribution < 1.29 is 4.52 Å². The molecule has 25 heavy (non-hydrogen) atoms. The molecule has 7 nitrogen and oxygen atoms in total. The summed E-state index contributed by atoms with van der Waals surface area (Å²) < 4.78 is 5.48. The first kappa shape index (κ1) is 14.8. The number of likely N-dealkylation sites (N-methyl/N-ethyl adjacent to an activating group) is 1. The normalized spacial score (nSPS) is 18.8. The third kappa shape index (κ3) is 2.64. The van der Waals surface area contributed by atoms with E-state index in [4.69, 9.17) is 4.52 Å². The molecule has 2 aromatic heterocycles. The third-order valence-electron chi connectivity index (χ3n) is 5.06. The van der Waals surface area contributed by atoms with Crippen molar-refractivity contribution in [2.24, 2.45) is 0 Å². The highest BCUT2D eigenvalue weighted by Gasteiger charge is 2.30. The van der Waals surface area contributed by atoms with Crippen molar-refractivity contribution in [1.82, 2.24) is 25.2 Å². The molecule has 128 valence electrons. The molecule has 0 spiro atoms. The van der Waals surface area contributed by atoms with Crippen LogP contribution in [-0.2, 0) is 0 Å². The number of anilines is 1. The lowest BCUT2D eigenvalue weighted by molar-refractivity contribution is 0.312. The van der Waals surface area contributed by atoms with Gasteiger partial charge in [-0.15, -0.1) is 10.2 Å². The van der Waals surface area contributed by atoms with Crippen LogP contribution >= 0.6 is 0 Å². The lowest BCUT2D eigenvalue weighted by Gasteiger charge is -2.33. The van der Waals surface area contributed by atoms with E-state index in [1.807, 2.05) is 12.1 Å². The molecule has 3 heterocycles. The predicted octanol–water partition coefficient (Wildman–Crippen LogP) is 2.31. The van der Waals surface area contributed by atoms with Crippen molar-refractivity contribution >= 4 is 16.6 Å². The van der Waals surface area contributed by atoms with E-state index < -0.39 is 0 Å². The van der Waals surface area contributed by atoms with E-state index in [0.29, 0.717) is 17.5 Å². The molecule has 1 aliphatic carbocycles. The molecule has 0 unspecified atom stereocenters. The summed E-state index contributed by atoms with van der Waals surface area (Å²) >= 11 is 0. The smallest absolute Gasteiger partial charge is 0.279 e. The second-order valence-corrected chi connectivity index (χ2v) is 6.94. The Morgan fingerprint density at radius 3 is 2.52 bits per heavy atom. The van der Waals surface area contributed by atoms with Crippen molar-refractivity contribution in [3.63, 3.8) is 0 Å². The minimum atomic E-state index is 0.460. The molecular formula is C18H20N6O. The topological polar surface area (TPSA) is 71.2 Å². The fourth-order valence-corrected chi connectivity index (χ4v) is 3.34. The lowest BCUT2D eigenvalue weighted by atomic mass is 10.1. The molecular weight excluding hydrogens is 316 g/mol. The van der Waals surface area contributed by atoms with Gasteiger partial charge in [0.2, 0.25) is 0 Å². The summed E-state index contributed by atoms with van der Waals surface area (Å²) in [6, 6.07) is 8.20. The van der Waals surface area contributed by atoms with Crippen molar-refractivity contribution in [3.05, 3.63) is 30.1 Å². The molecule has 3 aromatic rings. The molecule has 7 heteroatoms. The van der Waals surface area contributed by atoms with Crippen molar-refractivity contribution in [2.45, 2.75) is 18.8 Å². The summed E-state index contributed by atoms with van der Waals surface area (Å²) in [7, 11) is 2.15. The summed E-state index contributed by atoms with van der Waals surface area (Å²) in [6.07, 6.45) is 2.29. The first-order valence-electron chi connectivity index (χ1n) is 8.82. The Balaban J connectivity index is 1.58. The van der Waals surface area contributed by atoms with Crippen molar-refractivity contribution in [3.8, 4) is 11.6 Å². The number of benzene rings is 1. The zero-order valence-electron chi connectivity index (χ0n) is 14.2. The van der Waals surface area contributed by atoms with Crippen LogP contribution in [-0.4, -0.2) is 58.5 Å². The summed E-state index contributed by atoms with van der Waals surface area (Å²) in [5.41, 5.74) is 0.674. The molecule has 1 aliphatic heterocycles. The largest absolute Gasteiger partial charge is 0.352 e. The zero-order valence-corrected chi connectivity index (χ0v) is 14.2. The van der Waals surface area contributed by atoms with E-state index in [-0.39, 0.29) is 0 Å². The molecule has 0 bridgehead atoms. The molecule has 2 fully saturated rings. The molecule has 2 aliphatic rings. The Kier molecular flexibility index (Phi) is 3.41. The number of aromatic nitrogens is 4. The van der Waals surface area contributed by atoms with Gasteiger partial charge in [0.25, 0.3) is 5.89 Å². The van der Waals surface area contributed by atoms with Crippen LogP contribution < -0.4 is 4.90 Å². The van der Waals surface area contributed by atoms with Gasteiger partial charge in [-0.1, -0.05) is 29.4 Å². The van der Waals surface area contributed by atoms with Gasteiger partial charge in [0.1, 0.15) is 0 Å². The molecule has 5 rings (SSSR count). The number of nitrogens with zero attached hydrogens (tertiary/aromatic N) is 6. The first-order valence-corrected chi connectivity index (χ1v) is 8.82. The van der Waals surface area contributed by atoms with Gasteiger partial charge in [-0.2, -0.15) is 4.98 Å². The Labute approximate surface area is 145 Å². The van der Waals surface area contributed by atoms with Crippen molar-refractivity contribution in [1.29, 1.82) is 0 Å². The minimum Gasteiger partial charge on any atom is -0.352 e. The summed E-state index contributed by atoms with van der Waals surface area (Å²) in [6.45, 7) is 3.99. The predicted molar refractivity (Wildman–Crippen MR) is 94.5 cm³/mol. The van der Waals surface area contributed by atoms with Crippen LogP contribution in [0.3, 0.4) is 0 Å². The van der Waals surface area contributed by atoms with Crippen LogP contribution in [0.25, 0.3) is 22.4 Å². The highest BCUT2D eigenvalue weighted by atomic mass is 16.5. The monoisotopic (exact) mass is 336 g/mol. The summed E-state index contributed by atoms with van der Waals surface area (Å²) in [4.78, 5) is 9.18. The molecule has 1 aromatic carbocycles. The van der Waals surface area contributed by atoms with Crippen LogP contribution in [0.15, 0.2) is 28.8 Å². The minimum absolute atomic E-state index is 0.460. The van der Waals surface area contributed by atoms with E-state index in [9.17, 15) is 0 Å². The lowest BCUT2D eigenvalue weighted by Crippen LogP contribution is -2.45. The number of piperazine rings is 1. The van der Waals surface area contributed by atoms with Gasteiger partial charge in [0.05, 0.1) is 0 Å². The fourth-order valence-electron chi connectivity index (χ4n) is 3.34. The van der Waals surface area contributed by atoms with Gasteiger partial charge in [-0.25, -0.2) is 0 Å². The summed E-state index contributed by atoms with van der Waals surface area (Å²) in [5, 5.41) is 15.2. The van der Waals surface area contributed by atoms with E-state index in [1.165, 1.54) is 0 Å². The number of fused-ring (bicyclic) bond motifs is 1. The maximum atomic E-state index is 5.48. The molecule has 0 radical (unpaired) electrons. The van der Waals surface area contributed by atoms with Gasteiger partial charge in [0.15, 0.2) is 17.3 Å². The van der Waals surface area contributed by atoms with Crippen LogP contribution in [0.4, 0.5) is 5.82 Å². The number of hydrogen-bond acceptors (Lipinski definition) is 7. The number of rotatable bonds is 3. The maximum Gasteiger partial charge on any atom is 0.279 e. The Bertz CT molecular complexity index is 911. The van der Waals surface area contributed by atoms with Gasteiger partial charge >= 0.3 is 0 Å². The Morgan fingerprint density at radius 2 is 1.76 bits per heavy atom. The Hall–Kier alpha value is -2.54. The number of hydrogen-bond donors (Lipinski definition) is 0. The van der Waals surface area contributed by atoms with E-state index in [0.717, 1.165) is 61.4 Å². The van der Waals surface area contributed by atoms with Crippen LogP contribution in [0.1, 0.15) is 24.6 Å². The highest BCUT2D eigenvalue weighted by molar-refractivity contribution is 5.99. The van der Waals surface area contributed by atoms with Gasteiger partial charge in [-0.3, -0.25) is 0 Å². The second kappa shape index (κ2) is 5.77. The molecule has 0 amide bonds. The third-order valence-corrected chi connectivity index (χ3v) is 5.06. The molecule has 0 N–H and O–H groups in total. The van der Waals surface area contributed by atoms with Crippen molar-refractivity contribution in [2.75, 3.05) is 38.1 Å². The van der Waals surface area contributed by atoms with Crippen LogP contribution in [0.2, 0.25) is 0 Å². The standard InChI is InChI=1S/C18H20N6O/c1-23-8-10-24(11-9-23)17-14-5-3-2-4-13(14)15(20-21-17)18-19-16(22-25-18)12-6-7-12/h2-5,12H,6-11H2,1H3. The fraction of sp³-hybridized carbons (Fsp3) is 0.444. The SMILES string of the molecule is CN1CCN(c2nnc(-c3nc(C4CC4)no3)c3ccccc23)CC1. The Morgan fingerprint density at radius 1 is 1.00 bits per heavy atom. The van der Waals surface area contributed by atoms with Crippen LogP contribution in [0, 0.1) is 0 Å². The van der Waals surface area contributed by atoms with Gasteiger partial charge in [0, 0.05) is 42.9 Å². The zero-order chi connectivity index (χ0) is 16.8. The van der Waals surface area contributed by atoms with Gasteiger partial charge in [-0.05, 0) is 19.9 Å². The van der Waals surface area contributed by atoms with Gasteiger partial charge < -0.3 is 14.3 Å². The molecule has 1 saturated heterocycles. The second-order valence-electron chi connectivity index (χ2n) is 6.94. The quantitative estimate of drug-likeness (QED) is 0.727. The maximum absolute atomic E-state index is 5.48. The average molecular weight is 336 g/mol. The van der Waals surface area contributed by atoms with E-state index >= 15 is 0 Å². The average Bonchev–Trinajstić information content (AvgIpc) is 3.39. The van der Waals surface area contributed by atoms with Crippen LogP contribution in [0.5, 0.6) is 0 Å². The summed E-state index contributed by atoms with van der Waals surface area (Å²) in [5.74, 6) is 2.66. The van der Waals surface area contributed by atoms with E-state index in [2.05, 4.69) is 49.3 Å². The highest BCUT2D eigenvalue weighted by Crippen LogP contribution is 2.39. The molecule has 0 atom stereocenters. The van der Waals surface area contributed by atoms with E-state index in [1.54, 1.807) is 0 Å². The first-order chi connectivity index (χ1) is 12.3.